The molecule has 0 N–H and O–H groups in total. The first kappa shape index (κ1) is 15.3. The molecule has 0 unspecified atom stereocenters. The molecule has 0 aliphatic heterocycles. The lowest BCUT2D eigenvalue weighted by molar-refractivity contribution is 0.891. The topological polar surface area (TPSA) is 35.6 Å². The molecule has 5 rings (SSSR count). The number of para-hydroxylation sites is 1. The SMILES string of the molecule is Cc1ccccc1-n1ccnc1-c1cccc2c1sc1c2nc(C)n1C. The third-order valence-electron chi connectivity index (χ3n) is 4.99. The summed E-state index contributed by atoms with van der Waals surface area (Å²) in [6.07, 6.45) is 3.91. The zero-order valence-electron chi connectivity index (χ0n) is 14.9. The predicted octanol–water partition coefficient (Wildman–Crippen LogP) is 5.26. The number of aromatic nitrogens is 4. The molecule has 0 bridgehead atoms. The molecule has 0 spiro atoms. The van der Waals surface area contributed by atoms with Crippen molar-refractivity contribution < 1.29 is 0 Å². The first-order chi connectivity index (χ1) is 12.6. The maximum atomic E-state index is 4.76. The molecule has 4 nitrogen and oxygen atoms in total. The molecule has 0 radical (unpaired) electrons. The molecular formula is C21H18N4S. The number of hydrogen-bond acceptors (Lipinski definition) is 3. The Kier molecular flexibility index (Phi) is 3.27. The summed E-state index contributed by atoms with van der Waals surface area (Å²) < 4.78 is 5.58. The second kappa shape index (κ2) is 5.54. The predicted molar refractivity (Wildman–Crippen MR) is 108 cm³/mol. The molecule has 0 aliphatic rings. The highest BCUT2D eigenvalue weighted by Crippen LogP contribution is 2.39. The molecule has 0 fully saturated rings. The molecule has 3 heterocycles. The van der Waals surface area contributed by atoms with Crippen LogP contribution >= 0.6 is 11.3 Å². The Morgan fingerprint density at radius 3 is 2.69 bits per heavy atom. The number of hydrogen-bond donors (Lipinski definition) is 0. The fourth-order valence-corrected chi connectivity index (χ4v) is 4.78. The molecule has 26 heavy (non-hydrogen) atoms. The van der Waals surface area contributed by atoms with E-state index in [1.54, 1.807) is 11.3 Å². The zero-order valence-corrected chi connectivity index (χ0v) is 15.7. The second-order valence-corrected chi connectivity index (χ2v) is 7.56. The molecule has 0 atom stereocenters. The Morgan fingerprint density at radius 1 is 1.00 bits per heavy atom. The smallest absolute Gasteiger partial charge is 0.145 e. The van der Waals surface area contributed by atoms with Gasteiger partial charge >= 0.3 is 0 Å². The molecule has 128 valence electrons. The van der Waals surface area contributed by atoms with Crippen LogP contribution in [0, 0.1) is 13.8 Å². The molecule has 0 saturated heterocycles. The van der Waals surface area contributed by atoms with Gasteiger partial charge in [-0.15, -0.1) is 11.3 Å². The van der Waals surface area contributed by atoms with E-state index in [-0.39, 0.29) is 0 Å². The van der Waals surface area contributed by atoms with Gasteiger partial charge in [-0.05, 0) is 31.5 Å². The summed E-state index contributed by atoms with van der Waals surface area (Å²) >= 11 is 1.79. The minimum absolute atomic E-state index is 0.966. The normalized spacial score (nSPS) is 11.7. The van der Waals surface area contributed by atoms with E-state index >= 15 is 0 Å². The lowest BCUT2D eigenvalue weighted by atomic mass is 10.1. The van der Waals surface area contributed by atoms with Gasteiger partial charge in [-0.3, -0.25) is 4.57 Å². The highest BCUT2D eigenvalue weighted by atomic mass is 32.1. The maximum absolute atomic E-state index is 4.76. The Morgan fingerprint density at radius 2 is 1.85 bits per heavy atom. The fourth-order valence-electron chi connectivity index (χ4n) is 3.52. The number of nitrogens with zero attached hydrogens (tertiary/aromatic N) is 4. The van der Waals surface area contributed by atoms with Gasteiger partial charge in [-0.25, -0.2) is 9.97 Å². The Balaban J connectivity index is 1.80. The summed E-state index contributed by atoms with van der Waals surface area (Å²) in [6.45, 7) is 4.18. The van der Waals surface area contributed by atoms with Crippen LogP contribution in [-0.2, 0) is 7.05 Å². The standard InChI is InChI=1S/C21H18N4S/c1-13-7-4-5-10-17(13)25-12-11-22-20(25)16-9-6-8-15-18-21(26-19(15)16)24(3)14(2)23-18/h4-12H,1-3H3. The van der Waals surface area contributed by atoms with Gasteiger partial charge in [0.25, 0.3) is 0 Å². The number of thiophene rings is 1. The summed E-state index contributed by atoms with van der Waals surface area (Å²) in [5, 5.41) is 1.20. The monoisotopic (exact) mass is 358 g/mol. The highest BCUT2D eigenvalue weighted by molar-refractivity contribution is 7.26. The average Bonchev–Trinajstić information content (AvgIpc) is 3.32. The van der Waals surface area contributed by atoms with E-state index in [2.05, 4.69) is 65.6 Å². The summed E-state index contributed by atoms with van der Waals surface area (Å²) in [5.74, 6) is 2.01. The quantitative estimate of drug-likeness (QED) is 0.432. The van der Waals surface area contributed by atoms with Gasteiger partial charge in [0.15, 0.2) is 0 Å². The van der Waals surface area contributed by atoms with Crippen molar-refractivity contribution in [1.29, 1.82) is 0 Å². The van der Waals surface area contributed by atoms with Crippen molar-refractivity contribution in [2.24, 2.45) is 7.05 Å². The Hall–Kier alpha value is -2.92. The highest BCUT2D eigenvalue weighted by Gasteiger charge is 2.18. The van der Waals surface area contributed by atoms with Crippen LogP contribution in [0.4, 0.5) is 0 Å². The van der Waals surface area contributed by atoms with Gasteiger partial charge in [0.1, 0.15) is 22.0 Å². The van der Waals surface area contributed by atoms with Crippen LogP contribution in [0.15, 0.2) is 54.9 Å². The van der Waals surface area contributed by atoms with Crippen molar-refractivity contribution in [3.63, 3.8) is 0 Å². The van der Waals surface area contributed by atoms with Crippen LogP contribution in [0.1, 0.15) is 11.4 Å². The first-order valence-electron chi connectivity index (χ1n) is 8.59. The van der Waals surface area contributed by atoms with E-state index in [4.69, 9.17) is 9.97 Å². The van der Waals surface area contributed by atoms with E-state index in [9.17, 15) is 0 Å². The van der Waals surface area contributed by atoms with Crippen LogP contribution < -0.4 is 0 Å². The Bertz CT molecular complexity index is 1270. The molecule has 5 aromatic rings. The van der Waals surface area contributed by atoms with Gasteiger partial charge in [-0.2, -0.15) is 0 Å². The first-order valence-corrected chi connectivity index (χ1v) is 9.41. The van der Waals surface area contributed by atoms with Crippen LogP contribution in [0.3, 0.4) is 0 Å². The zero-order chi connectivity index (χ0) is 17.8. The van der Waals surface area contributed by atoms with Crippen LogP contribution in [-0.4, -0.2) is 19.1 Å². The van der Waals surface area contributed by atoms with Crippen LogP contribution in [0.2, 0.25) is 0 Å². The minimum Gasteiger partial charge on any atom is -0.323 e. The van der Waals surface area contributed by atoms with Crippen molar-refractivity contribution in [2.75, 3.05) is 0 Å². The van der Waals surface area contributed by atoms with Crippen LogP contribution in [0.5, 0.6) is 0 Å². The lowest BCUT2D eigenvalue weighted by Crippen LogP contribution is -1.98. The van der Waals surface area contributed by atoms with Gasteiger partial charge in [0.2, 0.25) is 0 Å². The molecule has 5 heteroatoms. The summed E-state index contributed by atoms with van der Waals surface area (Å²) in [5.41, 5.74) is 4.62. The number of aryl methyl sites for hydroxylation is 3. The van der Waals surface area contributed by atoms with Gasteiger partial charge in [-0.1, -0.05) is 30.3 Å². The number of rotatable bonds is 2. The molecule has 0 saturated carbocycles. The van der Waals surface area contributed by atoms with E-state index in [0.29, 0.717) is 0 Å². The van der Waals surface area contributed by atoms with E-state index < -0.39 is 0 Å². The van der Waals surface area contributed by atoms with Gasteiger partial charge in [0.05, 0.1) is 0 Å². The molecule has 0 aliphatic carbocycles. The Labute approximate surface area is 155 Å². The summed E-state index contributed by atoms with van der Waals surface area (Å²) in [7, 11) is 2.08. The van der Waals surface area contributed by atoms with Gasteiger partial charge in [0, 0.05) is 40.8 Å². The fraction of sp³-hybridized carbons (Fsp3) is 0.143. The molecule has 2 aromatic carbocycles. The van der Waals surface area contributed by atoms with E-state index in [1.807, 2.05) is 19.3 Å². The van der Waals surface area contributed by atoms with E-state index in [0.717, 1.165) is 28.4 Å². The summed E-state index contributed by atoms with van der Waals surface area (Å²) in [6, 6.07) is 14.8. The van der Waals surface area contributed by atoms with Crippen molar-refractivity contribution in [3.8, 4) is 17.1 Å². The minimum atomic E-state index is 0.966. The van der Waals surface area contributed by atoms with Crippen molar-refractivity contribution in [3.05, 3.63) is 66.2 Å². The molecular weight excluding hydrogens is 340 g/mol. The third kappa shape index (κ3) is 2.07. The molecule has 0 amide bonds. The van der Waals surface area contributed by atoms with Crippen molar-refractivity contribution >= 4 is 31.8 Å². The van der Waals surface area contributed by atoms with Crippen LogP contribution in [0.25, 0.3) is 37.5 Å². The third-order valence-corrected chi connectivity index (χ3v) is 6.30. The van der Waals surface area contributed by atoms with E-state index in [1.165, 1.54) is 20.5 Å². The largest absolute Gasteiger partial charge is 0.323 e. The maximum Gasteiger partial charge on any atom is 0.145 e. The van der Waals surface area contributed by atoms with Gasteiger partial charge < -0.3 is 4.57 Å². The number of benzene rings is 2. The number of fused-ring (bicyclic) bond motifs is 3. The number of imidazole rings is 2. The van der Waals surface area contributed by atoms with Crippen molar-refractivity contribution in [2.45, 2.75) is 13.8 Å². The lowest BCUT2D eigenvalue weighted by Gasteiger charge is -2.11. The summed E-state index contributed by atoms with van der Waals surface area (Å²) in [4.78, 5) is 10.7. The second-order valence-electron chi connectivity index (χ2n) is 6.56. The molecule has 3 aromatic heterocycles. The van der Waals surface area contributed by atoms with Crippen molar-refractivity contribution in [1.82, 2.24) is 19.1 Å². The average molecular weight is 358 g/mol.